The van der Waals surface area contributed by atoms with Crippen LogP contribution in [0.1, 0.15) is 30.6 Å². The molecule has 0 saturated heterocycles. The van der Waals surface area contributed by atoms with Crippen LogP contribution in [0.4, 0.5) is 0 Å². The second-order valence-corrected chi connectivity index (χ2v) is 4.00. The van der Waals surface area contributed by atoms with Gasteiger partial charge in [-0.25, -0.2) is 0 Å². The summed E-state index contributed by atoms with van der Waals surface area (Å²) in [5.41, 5.74) is 0.473. The van der Waals surface area contributed by atoms with Crippen LogP contribution >= 0.6 is 11.6 Å². The molecular formula is C13H17ClO3. The summed E-state index contributed by atoms with van der Waals surface area (Å²) in [6.45, 7) is 4.29. The first-order valence-electron chi connectivity index (χ1n) is 5.63. The molecule has 0 saturated carbocycles. The third kappa shape index (κ3) is 3.45. The molecule has 1 aromatic carbocycles. The summed E-state index contributed by atoms with van der Waals surface area (Å²) in [5.74, 6) is 0.436. The highest BCUT2D eigenvalue weighted by Crippen LogP contribution is 2.25. The Hall–Kier alpha value is -1.06. The Morgan fingerprint density at radius 1 is 1.41 bits per heavy atom. The van der Waals surface area contributed by atoms with Gasteiger partial charge in [0.2, 0.25) is 0 Å². The van der Waals surface area contributed by atoms with Crippen LogP contribution < -0.4 is 4.74 Å². The lowest BCUT2D eigenvalue weighted by atomic mass is 10.0. The van der Waals surface area contributed by atoms with Crippen molar-refractivity contribution in [3.05, 3.63) is 28.8 Å². The van der Waals surface area contributed by atoms with Gasteiger partial charge in [0, 0.05) is 11.6 Å². The molecule has 1 rings (SSSR count). The summed E-state index contributed by atoms with van der Waals surface area (Å²) >= 11 is 5.89. The molecule has 0 aliphatic carbocycles. The van der Waals surface area contributed by atoms with Gasteiger partial charge in [-0.3, -0.25) is 4.79 Å². The smallest absolute Gasteiger partial charge is 0.195 e. The van der Waals surface area contributed by atoms with Crippen molar-refractivity contribution in [1.29, 1.82) is 0 Å². The first kappa shape index (κ1) is 14.0. The van der Waals surface area contributed by atoms with Crippen molar-refractivity contribution in [3.8, 4) is 5.75 Å². The van der Waals surface area contributed by atoms with Gasteiger partial charge in [0.1, 0.15) is 11.9 Å². The van der Waals surface area contributed by atoms with Crippen molar-refractivity contribution in [2.75, 3.05) is 13.7 Å². The van der Waals surface area contributed by atoms with Crippen LogP contribution in [0.25, 0.3) is 0 Å². The Morgan fingerprint density at radius 2 is 2.12 bits per heavy atom. The van der Waals surface area contributed by atoms with E-state index in [0.29, 0.717) is 29.4 Å². The van der Waals surface area contributed by atoms with Gasteiger partial charge >= 0.3 is 0 Å². The summed E-state index contributed by atoms with van der Waals surface area (Å²) in [6, 6.07) is 5.00. The minimum absolute atomic E-state index is 0.0892. The zero-order valence-corrected chi connectivity index (χ0v) is 11.1. The number of hydrogen-bond donors (Lipinski definition) is 0. The van der Waals surface area contributed by atoms with E-state index in [0.717, 1.165) is 0 Å². The van der Waals surface area contributed by atoms with E-state index in [2.05, 4.69) is 0 Å². The van der Waals surface area contributed by atoms with Gasteiger partial charge in [0.15, 0.2) is 5.78 Å². The number of Topliss-reactive ketones (excluding diaryl/α,β-unsaturated/α-hetero) is 1. The number of rotatable bonds is 6. The third-order valence-corrected chi connectivity index (χ3v) is 2.69. The van der Waals surface area contributed by atoms with Crippen LogP contribution in [-0.4, -0.2) is 25.6 Å². The molecule has 0 heterocycles. The fourth-order valence-corrected chi connectivity index (χ4v) is 1.80. The van der Waals surface area contributed by atoms with Crippen molar-refractivity contribution >= 4 is 17.4 Å². The molecule has 0 radical (unpaired) electrons. The van der Waals surface area contributed by atoms with Gasteiger partial charge in [-0.1, -0.05) is 18.5 Å². The Morgan fingerprint density at radius 3 is 2.65 bits per heavy atom. The molecule has 0 aliphatic heterocycles. The number of carbonyl (C=O) groups excluding carboxylic acids is 1. The van der Waals surface area contributed by atoms with Crippen molar-refractivity contribution < 1.29 is 14.3 Å². The first-order valence-corrected chi connectivity index (χ1v) is 6.01. The minimum Gasteiger partial charge on any atom is -0.496 e. The van der Waals surface area contributed by atoms with Crippen LogP contribution in [0.5, 0.6) is 5.75 Å². The highest BCUT2D eigenvalue weighted by Gasteiger charge is 2.22. The van der Waals surface area contributed by atoms with E-state index in [1.165, 1.54) is 7.11 Å². The van der Waals surface area contributed by atoms with Gasteiger partial charge in [0.25, 0.3) is 0 Å². The Balaban J connectivity index is 3.04. The zero-order valence-electron chi connectivity index (χ0n) is 10.3. The van der Waals surface area contributed by atoms with Gasteiger partial charge in [-0.05, 0) is 31.5 Å². The largest absolute Gasteiger partial charge is 0.496 e. The number of methoxy groups -OCH3 is 1. The molecule has 1 atom stereocenters. The minimum atomic E-state index is -0.438. The SMILES string of the molecule is CCOC(CC)C(=O)c1cc(Cl)ccc1OC. The van der Waals surface area contributed by atoms with Crippen LogP contribution in [-0.2, 0) is 4.74 Å². The number of halogens is 1. The molecule has 3 nitrogen and oxygen atoms in total. The summed E-state index contributed by atoms with van der Waals surface area (Å²) in [7, 11) is 1.53. The maximum absolute atomic E-state index is 12.2. The van der Waals surface area contributed by atoms with Crippen molar-refractivity contribution in [1.82, 2.24) is 0 Å². The third-order valence-electron chi connectivity index (χ3n) is 2.46. The Bertz CT molecular complexity index is 390. The van der Waals surface area contributed by atoms with Crippen molar-refractivity contribution in [3.63, 3.8) is 0 Å². The van der Waals surface area contributed by atoms with Crippen LogP contribution in [0.3, 0.4) is 0 Å². The lowest BCUT2D eigenvalue weighted by molar-refractivity contribution is 0.0441. The molecule has 94 valence electrons. The van der Waals surface area contributed by atoms with E-state index < -0.39 is 6.10 Å². The molecule has 0 bridgehead atoms. The van der Waals surface area contributed by atoms with E-state index in [9.17, 15) is 4.79 Å². The summed E-state index contributed by atoms with van der Waals surface area (Å²) in [4.78, 5) is 12.2. The van der Waals surface area contributed by atoms with Crippen LogP contribution in [0.2, 0.25) is 5.02 Å². The molecule has 1 unspecified atom stereocenters. The van der Waals surface area contributed by atoms with Crippen LogP contribution in [0, 0.1) is 0 Å². The lowest BCUT2D eigenvalue weighted by Crippen LogP contribution is -2.24. The Kier molecular flexibility index (Phi) is 5.45. The van der Waals surface area contributed by atoms with E-state index in [1.807, 2.05) is 13.8 Å². The molecule has 0 amide bonds. The quantitative estimate of drug-likeness (QED) is 0.733. The molecule has 0 fully saturated rings. The standard InChI is InChI=1S/C13H17ClO3/c1-4-11(17-5-2)13(15)10-8-9(14)6-7-12(10)16-3/h6-8,11H,4-5H2,1-3H3. The predicted octanol–water partition coefficient (Wildman–Crippen LogP) is 3.35. The van der Waals surface area contributed by atoms with E-state index in [1.54, 1.807) is 18.2 Å². The van der Waals surface area contributed by atoms with Gasteiger partial charge in [0.05, 0.1) is 12.7 Å². The van der Waals surface area contributed by atoms with E-state index in [4.69, 9.17) is 21.1 Å². The molecule has 0 aromatic heterocycles. The molecule has 4 heteroatoms. The fraction of sp³-hybridized carbons (Fsp3) is 0.462. The maximum Gasteiger partial charge on any atom is 0.195 e. The van der Waals surface area contributed by atoms with E-state index in [-0.39, 0.29) is 5.78 Å². The first-order chi connectivity index (χ1) is 8.13. The average Bonchev–Trinajstić information content (AvgIpc) is 2.35. The van der Waals surface area contributed by atoms with Crippen molar-refractivity contribution in [2.24, 2.45) is 0 Å². The lowest BCUT2D eigenvalue weighted by Gasteiger charge is -2.15. The summed E-state index contributed by atoms with van der Waals surface area (Å²) < 4.78 is 10.6. The predicted molar refractivity (Wildman–Crippen MR) is 68.0 cm³/mol. The summed E-state index contributed by atoms with van der Waals surface area (Å²) in [5, 5.41) is 0.514. The highest BCUT2D eigenvalue weighted by molar-refractivity contribution is 6.31. The second kappa shape index (κ2) is 6.62. The number of ether oxygens (including phenoxy) is 2. The highest BCUT2D eigenvalue weighted by atomic mass is 35.5. The van der Waals surface area contributed by atoms with Gasteiger partial charge in [-0.2, -0.15) is 0 Å². The Labute approximate surface area is 107 Å². The zero-order chi connectivity index (χ0) is 12.8. The van der Waals surface area contributed by atoms with Crippen molar-refractivity contribution in [2.45, 2.75) is 26.4 Å². The summed E-state index contributed by atoms with van der Waals surface area (Å²) in [6.07, 6.45) is 0.190. The number of ketones is 1. The van der Waals surface area contributed by atoms with Crippen LogP contribution in [0.15, 0.2) is 18.2 Å². The molecule has 0 N–H and O–H groups in total. The molecule has 0 spiro atoms. The van der Waals surface area contributed by atoms with Gasteiger partial charge < -0.3 is 9.47 Å². The number of carbonyl (C=O) groups is 1. The normalized spacial score (nSPS) is 12.2. The topological polar surface area (TPSA) is 35.5 Å². The number of hydrogen-bond acceptors (Lipinski definition) is 3. The monoisotopic (exact) mass is 256 g/mol. The molecular weight excluding hydrogens is 240 g/mol. The maximum atomic E-state index is 12.2. The molecule has 0 aliphatic rings. The van der Waals surface area contributed by atoms with Gasteiger partial charge in [-0.15, -0.1) is 0 Å². The fourth-order valence-electron chi connectivity index (χ4n) is 1.63. The second-order valence-electron chi connectivity index (χ2n) is 3.56. The molecule has 1 aromatic rings. The van der Waals surface area contributed by atoms with E-state index >= 15 is 0 Å². The average molecular weight is 257 g/mol. The molecule has 17 heavy (non-hydrogen) atoms. The number of benzene rings is 1.